The third-order valence-corrected chi connectivity index (χ3v) is 2.01. The van der Waals surface area contributed by atoms with Crippen LogP contribution >= 0.6 is 0 Å². The van der Waals surface area contributed by atoms with Gasteiger partial charge in [-0.25, -0.2) is 4.79 Å². The first-order valence-corrected chi connectivity index (χ1v) is 3.84. The van der Waals surface area contributed by atoms with Crippen LogP contribution in [0.15, 0.2) is 0 Å². The summed E-state index contributed by atoms with van der Waals surface area (Å²) in [7, 11) is 0. The van der Waals surface area contributed by atoms with Crippen LogP contribution in [0.5, 0.6) is 0 Å². The highest BCUT2D eigenvalue weighted by Gasteiger charge is 2.25. The second kappa shape index (κ2) is 3.09. The van der Waals surface area contributed by atoms with Crippen molar-refractivity contribution >= 4 is 6.09 Å². The van der Waals surface area contributed by atoms with Crippen molar-refractivity contribution in [3.8, 4) is 0 Å². The molecule has 1 saturated heterocycles. The Balaban J connectivity index is 2.54. The number of nitrogens with one attached hydrogen (secondary N) is 1. The van der Waals surface area contributed by atoms with E-state index in [1.807, 2.05) is 13.8 Å². The summed E-state index contributed by atoms with van der Waals surface area (Å²) < 4.78 is 0. The van der Waals surface area contributed by atoms with Crippen molar-refractivity contribution in [2.24, 2.45) is 0 Å². The number of piperazine rings is 1. The minimum atomic E-state index is -0.814. The average Bonchev–Trinajstić information content (AvgIpc) is 1.94. The van der Waals surface area contributed by atoms with E-state index in [-0.39, 0.29) is 12.1 Å². The first kappa shape index (κ1) is 8.33. The van der Waals surface area contributed by atoms with Crippen LogP contribution in [0.2, 0.25) is 0 Å². The molecule has 64 valence electrons. The number of nitrogens with zero attached hydrogens (tertiary/aromatic N) is 1. The monoisotopic (exact) mass is 158 g/mol. The average molecular weight is 158 g/mol. The van der Waals surface area contributed by atoms with Gasteiger partial charge in [-0.1, -0.05) is 0 Å². The molecule has 1 aliphatic heterocycles. The summed E-state index contributed by atoms with van der Waals surface area (Å²) in [6.07, 6.45) is -0.814. The van der Waals surface area contributed by atoms with Crippen molar-refractivity contribution in [2.75, 3.05) is 13.1 Å². The van der Waals surface area contributed by atoms with Gasteiger partial charge in [0.15, 0.2) is 0 Å². The Morgan fingerprint density at radius 3 is 2.73 bits per heavy atom. The molecule has 1 heterocycles. The zero-order valence-electron chi connectivity index (χ0n) is 6.87. The molecule has 0 saturated carbocycles. The fraction of sp³-hybridized carbons (Fsp3) is 0.857. The van der Waals surface area contributed by atoms with Crippen LogP contribution in [0.1, 0.15) is 13.8 Å². The van der Waals surface area contributed by atoms with Crippen molar-refractivity contribution in [1.82, 2.24) is 10.2 Å². The van der Waals surface area contributed by atoms with Crippen LogP contribution < -0.4 is 5.32 Å². The normalized spacial score (nSPS) is 32.0. The second-order valence-corrected chi connectivity index (χ2v) is 3.09. The van der Waals surface area contributed by atoms with E-state index in [0.29, 0.717) is 6.54 Å². The minimum absolute atomic E-state index is 0.101. The third kappa shape index (κ3) is 1.83. The molecule has 11 heavy (non-hydrogen) atoms. The van der Waals surface area contributed by atoms with Crippen molar-refractivity contribution in [2.45, 2.75) is 25.9 Å². The second-order valence-electron chi connectivity index (χ2n) is 3.09. The Bertz CT molecular complexity index is 161. The number of rotatable bonds is 0. The molecule has 0 aromatic rings. The first-order chi connectivity index (χ1) is 5.11. The van der Waals surface area contributed by atoms with Gasteiger partial charge in [-0.2, -0.15) is 0 Å². The summed E-state index contributed by atoms with van der Waals surface area (Å²) in [4.78, 5) is 12.1. The molecule has 0 aromatic heterocycles. The molecule has 0 bridgehead atoms. The quantitative estimate of drug-likeness (QED) is 0.534. The lowest BCUT2D eigenvalue weighted by molar-refractivity contribution is 0.107. The number of hydrogen-bond acceptors (Lipinski definition) is 2. The number of carboxylic acid groups (broad SMARTS) is 1. The maximum absolute atomic E-state index is 10.6. The summed E-state index contributed by atoms with van der Waals surface area (Å²) in [5, 5.41) is 11.9. The van der Waals surface area contributed by atoms with Gasteiger partial charge < -0.3 is 15.3 Å². The highest BCUT2D eigenvalue weighted by Crippen LogP contribution is 2.05. The van der Waals surface area contributed by atoms with E-state index in [4.69, 9.17) is 5.11 Å². The van der Waals surface area contributed by atoms with E-state index in [0.717, 1.165) is 6.54 Å². The standard InChI is InChI=1S/C7H14N2O2/c1-5-4-9(7(10)11)6(2)3-8-5/h5-6,8H,3-4H2,1-2H3,(H,10,11). The van der Waals surface area contributed by atoms with Gasteiger partial charge in [0.1, 0.15) is 0 Å². The number of hydrogen-bond donors (Lipinski definition) is 2. The van der Waals surface area contributed by atoms with Gasteiger partial charge in [0, 0.05) is 25.2 Å². The van der Waals surface area contributed by atoms with Crippen molar-refractivity contribution in [3.63, 3.8) is 0 Å². The van der Waals surface area contributed by atoms with Crippen LogP contribution in [-0.2, 0) is 0 Å². The van der Waals surface area contributed by atoms with E-state index in [9.17, 15) is 4.79 Å². The Kier molecular flexibility index (Phi) is 2.34. The maximum Gasteiger partial charge on any atom is 0.407 e. The molecule has 1 amide bonds. The fourth-order valence-corrected chi connectivity index (χ4v) is 1.29. The zero-order valence-corrected chi connectivity index (χ0v) is 6.87. The predicted molar refractivity (Wildman–Crippen MR) is 41.7 cm³/mol. The zero-order chi connectivity index (χ0) is 8.43. The number of amides is 1. The lowest BCUT2D eigenvalue weighted by atomic mass is 10.1. The summed E-state index contributed by atoms with van der Waals surface area (Å²) >= 11 is 0. The summed E-state index contributed by atoms with van der Waals surface area (Å²) in [5.74, 6) is 0. The molecule has 1 aliphatic rings. The SMILES string of the molecule is CC1CN(C(=O)O)C(C)CN1. The van der Waals surface area contributed by atoms with Gasteiger partial charge in [-0.3, -0.25) is 0 Å². The molecular weight excluding hydrogens is 144 g/mol. The van der Waals surface area contributed by atoms with Crippen molar-refractivity contribution in [3.05, 3.63) is 0 Å². The molecule has 1 rings (SSSR count). The molecule has 2 N–H and O–H groups in total. The van der Waals surface area contributed by atoms with E-state index in [1.165, 1.54) is 4.90 Å². The Labute approximate surface area is 66.2 Å². The van der Waals surface area contributed by atoms with Crippen LogP contribution in [0, 0.1) is 0 Å². The van der Waals surface area contributed by atoms with E-state index < -0.39 is 6.09 Å². The lowest BCUT2D eigenvalue weighted by Gasteiger charge is -2.35. The Morgan fingerprint density at radius 1 is 1.64 bits per heavy atom. The largest absolute Gasteiger partial charge is 0.465 e. The first-order valence-electron chi connectivity index (χ1n) is 3.84. The predicted octanol–water partition coefficient (Wildman–Crippen LogP) is 0.347. The van der Waals surface area contributed by atoms with Gasteiger partial charge in [0.2, 0.25) is 0 Å². The molecule has 4 nitrogen and oxygen atoms in total. The van der Waals surface area contributed by atoms with Crippen molar-refractivity contribution < 1.29 is 9.90 Å². The van der Waals surface area contributed by atoms with Gasteiger partial charge >= 0.3 is 6.09 Å². The van der Waals surface area contributed by atoms with Gasteiger partial charge in [0.25, 0.3) is 0 Å². The maximum atomic E-state index is 10.6. The third-order valence-electron chi connectivity index (χ3n) is 2.01. The minimum Gasteiger partial charge on any atom is -0.465 e. The molecule has 0 aromatic carbocycles. The van der Waals surface area contributed by atoms with E-state index >= 15 is 0 Å². The molecule has 0 aliphatic carbocycles. The van der Waals surface area contributed by atoms with Crippen LogP contribution in [-0.4, -0.2) is 41.3 Å². The highest BCUT2D eigenvalue weighted by molar-refractivity contribution is 5.65. The Morgan fingerprint density at radius 2 is 2.27 bits per heavy atom. The van der Waals surface area contributed by atoms with Crippen LogP contribution in [0.25, 0.3) is 0 Å². The Hall–Kier alpha value is -0.770. The lowest BCUT2D eigenvalue weighted by Crippen LogP contribution is -2.55. The van der Waals surface area contributed by atoms with Gasteiger partial charge in [-0.05, 0) is 13.8 Å². The fourth-order valence-electron chi connectivity index (χ4n) is 1.29. The number of carbonyl (C=O) groups is 1. The topological polar surface area (TPSA) is 52.6 Å². The van der Waals surface area contributed by atoms with Gasteiger partial charge in [-0.15, -0.1) is 0 Å². The smallest absolute Gasteiger partial charge is 0.407 e. The van der Waals surface area contributed by atoms with E-state index in [2.05, 4.69) is 5.32 Å². The van der Waals surface area contributed by atoms with Gasteiger partial charge in [0.05, 0.1) is 0 Å². The molecule has 0 radical (unpaired) electrons. The molecule has 2 unspecified atom stereocenters. The van der Waals surface area contributed by atoms with Crippen LogP contribution in [0.4, 0.5) is 4.79 Å². The molecule has 4 heteroatoms. The van der Waals surface area contributed by atoms with E-state index in [1.54, 1.807) is 0 Å². The summed E-state index contributed by atoms with van der Waals surface area (Å²) in [6.45, 7) is 5.25. The van der Waals surface area contributed by atoms with Crippen LogP contribution in [0.3, 0.4) is 0 Å². The molecule has 2 atom stereocenters. The molecular formula is C7H14N2O2. The van der Waals surface area contributed by atoms with Crippen molar-refractivity contribution in [1.29, 1.82) is 0 Å². The highest BCUT2D eigenvalue weighted by atomic mass is 16.4. The molecule has 0 spiro atoms. The summed E-state index contributed by atoms with van der Waals surface area (Å²) in [6, 6.07) is 0.381. The molecule has 1 fully saturated rings. The summed E-state index contributed by atoms with van der Waals surface area (Å²) in [5.41, 5.74) is 0.